The number of piperidine rings is 1. The molecule has 28 heavy (non-hydrogen) atoms. The van der Waals surface area contributed by atoms with Crippen LogP contribution in [0.25, 0.3) is 5.82 Å². The lowest BCUT2D eigenvalue weighted by Crippen LogP contribution is -2.59. The smallest absolute Gasteiger partial charge is 0.271 e. The molecule has 2 aliphatic rings. The Bertz CT molecular complexity index is 1030. The number of rotatable bonds is 2. The molecule has 0 saturated carbocycles. The van der Waals surface area contributed by atoms with Crippen LogP contribution in [0.3, 0.4) is 0 Å². The number of hydrogen-bond donors (Lipinski definition) is 3. The molecule has 5 rings (SSSR count). The second-order valence-corrected chi connectivity index (χ2v) is 6.89. The van der Waals surface area contributed by atoms with E-state index in [1.807, 2.05) is 24.3 Å². The Kier molecular flexibility index (Phi) is 3.60. The highest BCUT2D eigenvalue weighted by Crippen LogP contribution is 2.36. The molecule has 142 valence electrons. The normalized spacial score (nSPS) is 17.7. The molecular formula is C17H17N9O2. The molecular weight excluding hydrogens is 362 g/mol. The van der Waals surface area contributed by atoms with Crippen molar-refractivity contribution < 1.29 is 9.59 Å². The van der Waals surface area contributed by atoms with Crippen molar-refractivity contribution >= 4 is 23.2 Å². The van der Waals surface area contributed by atoms with E-state index in [0.29, 0.717) is 37.4 Å². The van der Waals surface area contributed by atoms with E-state index in [9.17, 15) is 9.59 Å². The molecule has 1 spiro atoms. The van der Waals surface area contributed by atoms with Crippen LogP contribution >= 0.6 is 0 Å². The number of aromatic nitrogens is 6. The molecule has 2 aromatic heterocycles. The lowest BCUT2D eigenvalue weighted by atomic mass is 9.84. The highest BCUT2D eigenvalue weighted by atomic mass is 16.2. The summed E-state index contributed by atoms with van der Waals surface area (Å²) in [6.45, 7) is 0.918. The minimum atomic E-state index is -0.698. The number of nitrogens with one attached hydrogen (secondary N) is 3. The Balaban J connectivity index is 1.30. The van der Waals surface area contributed by atoms with E-state index in [1.54, 1.807) is 11.0 Å². The third kappa shape index (κ3) is 2.59. The first kappa shape index (κ1) is 16.4. The predicted octanol–water partition coefficient (Wildman–Crippen LogP) is 0.424. The summed E-state index contributed by atoms with van der Waals surface area (Å²) in [5.41, 5.74) is 1.34. The molecule has 11 heteroatoms. The number of carbonyl (C=O) groups is 2. The average Bonchev–Trinajstić information content (AvgIpc) is 3.41. The molecule has 4 heterocycles. The maximum Gasteiger partial charge on any atom is 0.271 e. The van der Waals surface area contributed by atoms with E-state index < -0.39 is 5.54 Å². The number of para-hydroxylation sites is 2. The summed E-state index contributed by atoms with van der Waals surface area (Å²) in [7, 11) is 0. The summed E-state index contributed by atoms with van der Waals surface area (Å²) in [5.74, 6) is 0.214. The number of benzene rings is 1. The van der Waals surface area contributed by atoms with Crippen molar-refractivity contribution in [1.29, 1.82) is 0 Å². The third-order valence-electron chi connectivity index (χ3n) is 5.27. The fourth-order valence-electron chi connectivity index (χ4n) is 3.68. The molecule has 3 aromatic rings. The fraction of sp³-hybridized carbons (Fsp3) is 0.294. The van der Waals surface area contributed by atoms with Crippen molar-refractivity contribution in [2.45, 2.75) is 18.4 Å². The molecule has 1 saturated heterocycles. The molecule has 2 amide bonds. The number of amides is 2. The number of nitrogens with zero attached hydrogens (tertiary/aromatic N) is 6. The quantitative estimate of drug-likeness (QED) is 0.588. The van der Waals surface area contributed by atoms with Gasteiger partial charge in [-0.15, -0.1) is 5.10 Å². The predicted molar refractivity (Wildman–Crippen MR) is 97.9 cm³/mol. The van der Waals surface area contributed by atoms with Gasteiger partial charge in [0.05, 0.1) is 11.4 Å². The van der Waals surface area contributed by atoms with E-state index in [2.05, 4.69) is 36.4 Å². The first-order chi connectivity index (χ1) is 13.6. The SMILES string of the molecule is O=C(c1cc(-n2cnnn2)n[nH]1)N1CCC2(CC1)Nc1ccccc1NC2=O. The molecule has 11 nitrogen and oxygen atoms in total. The van der Waals surface area contributed by atoms with Gasteiger partial charge in [0, 0.05) is 19.2 Å². The Morgan fingerprint density at radius 3 is 2.68 bits per heavy atom. The number of aromatic amines is 1. The number of fused-ring (bicyclic) bond motifs is 1. The minimum absolute atomic E-state index is 0.0548. The molecule has 0 unspecified atom stereocenters. The van der Waals surface area contributed by atoms with Crippen LogP contribution in [0.2, 0.25) is 0 Å². The number of tetrazole rings is 1. The zero-order chi connectivity index (χ0) is 19.1. The van der Waals surface area contributed by atoms with Crippen LogP contribution in [0.1, 0.15) is 23.3 Å². The van der Waals surface area contributed by atoms with Crippen molar-refractivity contribution in [2.24, 2.45) is 0 Å². The number of likely N-dealkylation sites (tertiary alicyclic amines) is 1. The average molecular weight is 379 g/mol. The minimum Gasteiger partial charge on any atom is -0.369 e. The maximum absolute atomic E-state index is 12.8. The molecule has 3 N–H and O–H groups in total. The maximum atomic E-state index is 12.8. The van der Waals surface area contributed by atoms with Gasteiger partial charge in [-0.3, -0.25) is 14.7 Å². The second-order valence-electron chi connectivity index (χ2n) is 6.89. The Morgan fingerprint density at radius 2 is 1.93 bits per heavy atom. The summed E-state index contributed by atoms with van der Waals surface area (Å²) < 4.78 is 1.37. The van der Waals surface area contributed by atoms with E-state index in [4.69, 9.17) is 0 Å². The molecule has 0 aliphatic carbocycles. The van der Waals surface area contributed by atoms with Gasteiger partial charge in [-0.25, -0.2) is 0 Å². The zero-order valence-corrected chi connectivity index (χ0v) is 14.8. The van der Waals surface area contributed by atoms with Crippen LogP contribution in [0, 0.1) is 0 Å². The summed E-state index contributed by atoms with van der Waals surface area (Å²) in [6.07, 6.45) is 2.44. The van der Waals surface area contributed by atoms with Gasteiger partial charge in [0.1, 0.15) is 17.6 Å². The van der Waals surface area contributed by atoms with Crippen LogP contribution in [-0.2, 0) is 4.79 Å². The summed E-state index contributed by atoms with van der Waals surface area (Å²) in [4.78, 5) is 27.2. The van der Waals surface area contributed by atoms with Gasteiger partial charge in [0.25, 0.3) is 5.91 Å². The summed E-state index contributed by atoms with van der Waals surface area (Å²) in [6, 6.07) is 9.22. The van der Waals surface area contributed by atoms with Crippen LogP contribution < -0.4 is 10.6 Å². The molecule has 1 fully saturated rings. The van der Waals surface area contributed by atoms with Gasteiger partial charge >= 0.3 is 0 Å². The second kappa shape index (κ2) is 6.15. The molecule has 2 aliphatic heterocycles. The Labute approximate surface area is 159 Å². The number of anilines is 2. The Morgan fingerprint density at radius 1 is 1.14 bits per heavy atom. The molecule has 0 bridgehead atoms. The standard InChI is InChI=1S/C17H17N9O2/c27-15(13-9-14(22-21-13)26-10-18-23-24-26)25-7-5-17(6-8-25)16(28)19-11-3-1-2-4-12(11)20-17/h1-4,9-10,20H,5-8H2,(H,19,28)(H,21,22). The molecule has 0 radical (unpaired) electrons. The largest absolute Gasteiger partial charge is 0.369 e. The van der Waals surface area contributed by atoms with E-state index >= 15 is 0 Å². The van der Waals surface area contributed by atoms with Crippen molar-refractivity contribution in [3.05, 3.63) is 42.4 Å². The zero-order valence-electron chi connectivity index (χ0n) is 14.8. The summed E-state index contributed by atoms with van der Waals surface area (Å²) >= 11 is 0. The van der Waals surface area contributed by atoms with Gasteiger partial charge in [-0.2, -0.15) is 9.78 Å². The van der Waals surface area contributed by atoms with E-state index in [1.165, 1.54) is 11.0 Å². The van der Waals surface area contributed by atoms with E-state index in [0.717, 1.165) is 11.4 Å². The van der Waals surface area contributed by atoms with Crippen molar-refractivity contribution in [3.8, 4) is 5.82 Å². The lowest BCUT2D eigenvalue weighted by molar-refractivity contribution is -0.122. The highest BCUT2D eigenvalue weighted by molar-refractivity contribution is 6.06. The fourth-order valence-corrected chi connectivity index (χ4v) is 3.68. The molecule has 0 atom stereocenters. The number of carbonyl (C=O) groups excluding carboxylic acids is 2. The monoisotopic (exact) mass is 379 g/mol. The number of H-pyrrole nitrogens is 1. The Hall–Kier alpha value is -3.76. The van der Waals surface area contributed by atoms with Crippen molar-refractivity contribution in [1.82, 2.24) is 35.3 Å². The summed E-state index contributed by atoms with van der Waals surface area (Å²) in [5, 5.41) is 24.0. The van der Waals surface area contributed by atoms with Crippen molar-refractivity contribution in [3.63, 3.8) is 0 Å². The van der Waals surface area contributed by atoms with Gasteiger partial charge in [-0.05, 0) is 35.4 Å². The van der Waals surface area contributed by atoms with Gasteiger partial charge in [0.2, 0.25) is 5.91 Å². The van der Waals surface area contributed by atoms with Crippen LogP contribution in [0.4, 0.5) is 11.4 Å². The van der Waals surface area contributed by atoms with Crippen LogP contribution in [-0.4, -0.2) is 65.7 Å². The van der Waals surface area contributed by atoms with Crippen LogP contribution in [0.5, 0.6) is 0 Å². The topological polar surface area (TPSA) is 134 Å². The van der Waals surface area contributed by atoms with E-state index in [-0.39, 0.29) is 11.8 Å². The highest BCUT2D eigenvalue weighted by Gasteiger charge is 2.45. The number of hydrogen-bond acceptors (Lipinski definition) is 7. The third-order valence-corrected chi connectivity index (χ3v) is 5.27. The van der Waals surface area contributed by atoms with Crippen LogP contribution in [0.15, 0.2) is 36.7 Å². The van der Waals surface area contributed by atoms with Crippen molar-refractivity contribution in [2.75, 3.05) is 23.7 Å². The van der Waals surface area contributed by atoms with Gasteiger partial charge in [0.15, 0.2) is 5.82 Å². The van der Waals surface area contributed by atoms with Gasteiger partial charge in [-0.1, -0.05) is 12.1 Å². The first-order valence-electron chi connectivity index (χ1n) is 8.91. The molecule has 1 aromatic carbocycles. The lowest BCUT2D eigenvalue weighted by Gasteiger charge is -2.44. The first-order valence-corrected chi connectivity index (χ1v) is 8.91. The van der Waals surface area contributed by atoms with Gasteiger partial charge < -0.3 is 15.5 Å².